The van der Waals surface area contributed by atoms with Gasteiger partial charge >= 0.3 is 0 Å². The second kappa shape index (κ2) is 5.20. The van der Waals surface area contributed by atoms with Gasteiger partial charge in [0.2, 0.25) is 0 Å². The molecule has 2 N–H and O–H groups in total. The van der Waals surface area contributed by atoms with Crippen molar-refractivity contribution in [1.29, 1.82) is 0 Å². The first-order valence-corrected chi connectivity index (χ1v) is 7.75. The standard InChI is InChI=1S/C15H17N3O2S/c1-10-17-12(13(20-10)11-6-4-3-5-7-11)14(19)18-8-9-21-15(18,2)16/h3-7H,8-9,16H2,1-2H3. The molecule has 1 amide bonds. The monoisotopic (exact) mass is 303 g/mol. The van der Waals surface area contributed by atoms with Crippen LogP contribution in [0.25, 0.3) is 11.3 Å². The maximum Gasteiger partial charge on any atom is 0.278 e. The molecule has 1 saturated heterocycles. The van der Waals surface area contributed by atoms with Crippen LogP contribution in [0.15, 0.2) is 34.7 Å². The normalized spacial score (nSPS) is 21.8. The van der Waals surface area contributed by atoms with Crippen LogP contribution in [0.5, 0.6) is 0 Å². The summed E-state index contributed by atoms with van der Waals surface area (Å²) in [7, 11) is 0. The molecular weight excluding hydrogens is 286 g/mol. The molecule has 1 fully saturated rings. The van der Waals surface area contributed by atoms with Crippen LogP contribution >= 0.6 is 11.8 Å². The first kappa shape index (κ1) is 14.2. The van der Waals surface area contributed by atoms with E-state index >= 15 is 0 Å². The Balaban J connectivity index is 2.02. The Morgan fingerprint density at radius 1 is 1.43 bits per heavy atom. The van der Waals surface area contributed by atoms with Gasteiger partial charge in [0.15, 0.2) is 17.3 Å². The van der Waals surface area contributed by atoms with Crippen LogP contribution in [0.2, 0.25) is 0 Å². The summed E-state index contributed by atoms with van der Waals surface area (Å²) in [6.07, 6.45) is 0. The molecule has 0 radical (unpaired) electrons. The van der Waals surface area contributed by atoms with Gasteiger partial charge in [0.1, 0.15) is 4.99 Å². The van der Waals surface area contributed by atoms with Gasteiger partial charge < -0.3 is 15.1 Å². The number of hydrogen-bond donors (Lipinski definition) is 1. The molecule has 0 spiro atoms. The third kappa shape index (κ3) is 2.56. The van der Waals surface area contributed by atoms with Gasteiger partial charge in [-0.3, -0.25) is 4.79 Å². The van der Waals surface area contributed by atoms with Crippen molar-refractivity contribution in [2.75, 3.05) is 12.3 Å². The highest BCUT2D eigenvalue weighted by Crippen LogP contribution is 2.33. The largest absolute Gasteiger partial charge is 0.440 e. The van der Waals surface area contributed by atoms with Gasteiger partial charge in [-0.25, -0.2) is 4.98 Å². The summed E-state index contributed by atoms with van der Waals surface area (Å²) in [5.74, 6) is 1.63. The Morgan fingerprint density at radius 2 is 2.14 bits per heavy atom. The average Bonchev–Trinajstić information content (AvgIpc) is 3.01. The summed E-state index contributed by atoms with van der Waals surface area (Å²) < 4.78 is 5.64. The number of thioether (sulfide) groups is 1. The third-order valence-corrected chi connectivity index (χ3v) is 4.65. The number of hydrogen-bond acceptors (Lipinski definition) is 5. The van der Waals surface area contributed by atoms with Crippen molar-refractivity contribution in [2.24, 2.45) is 5.73 Å². The van der Waals surface area contributed by atoms with Crippen LogP contribution in [0, 0.1) is 6.92 Å². The number of carbonyl (C=O) groups excluding carboxylic acids is 1. The smallest absolute Gasteiger partial charge is 0.278 e. The van der Waals surface area contributed by atoms with E-state index in [1.54, 1.807) is 23.6 Å². The van der Waals surface area contributed by atoms with Crippen molar-refractivity contribution >= 4 is 17.7 Å². The van der Waals surface area contributed by atoms with E-state index in [-0.39, 0.29) is 5.91 Å². The molecule has 1 aliphatic rings. The van der Waals surface area contributed by atoms with E-state index < -0.39 is 4.99 Å². The van der Waals surface area contributed by atoms with Crippen molar-refractivity contribution in [1.82, 2.24) is 9.88 Å². The lowest BCUT2D eigenvalue weighted by Gasteiger charge is -2.29. The number of carbonyl (C=O) groups is 1. The van der Waals surface area contributed by atoms with Crippen molar-refractivity contribution in [3.05, 3.63) is 41.9 Å². The van der Waals surface area contributed by atoms with Gasteiger partial charge in [-0.05, 0) is 6.92 Å². The predicted molar refractivity (Wildman–Crippen MR) is 82.8 cm³/mol. The Kier molecular flexibility index (Phi) is 3.51. The summed E-state index contributed by atoms with van der Waals surface area (Å²) in [4.78, 5) is 18.0. The lowest BCUT2D eigenvalue weighted by molar-refractivity contribution is 0.0692. The third-order valence-electron chi connectivity index (χ3n) is 3.46. The molecule has 110 valence electrons. The van der Waals surface area contributed by atoms with E-state index in [0.717, 1.165) is 11.3 Å². The van der Waals surface area contributed by atoms with E-state index in [4.69, 9.17) is 10.2 Å². The lowest BCUT2D eigenvalue weighted by atomic mass is 10.1. The minimum atomic E-state index is -0.697. The molecule has 2 aromatic rings. The number of nitrogens with zero attached hydrogens (tertiary/aromatic N) is 2. The zero-order valence-electron chi connectivity index (χ0n) is 12.0. The first-order chi connectivity index (χ1) is 9.99. The van der Waals surface area contributed by atoms with Gasteiger partial charge in [-0.2, -0.15) is 0 Å². The van der Waals surface area contributed by atoms with E-state index in [1.807, 2.05) is 37.3 Å². The van der Waals surface area contributed by atoms with Crippen molar-refractivity contribution in [2.45, 2.75) is 18.8 Å². The number of benzene rings is 1. The molecule has 21 heavy (non-hydrogen) atoms. The summed E-state index contributed by atoms with van der Waals surface area (Å²) in [5, 5.41) is 0. The molecule has 1 atom stereocenters. The minimum Gasteiger partial charge on any atom is -0.440 e. The molecule has 0 aliphatic carbocycles. The number of rotatable bonds is 2. The van der Waals surface area contributed by atoms with Gasteiger partial charge in [0, 0.05) is 24.8 Å². The SMILES string of the molecule is Cc1nc(C(=O)N2CCSC2(C)N)c(-c2ccccc2)o1. The Labute approximate surface area is 127 Å². The Hall–Kier alpha value is -1.79. The summed E-state index contributed by atoms with van der Waals surface area (Å²) in [6, 6.07) is 9.52. The molecule has 5 nitrogen and oxygen atoms in total. The molecule has 0 saturated carbocycles. The first-order valence-electron chi connectivity index (χ1n) is 6.77. The number of amides is 1. The van der Waals surface area contributed by atoms with Crippen LogP contribution in [0.4, 0.5) is 0 Å². The fraction of sp³-hybridized carbons (Fsp3) is 0.333. The van der Waals surface area contributed by atoms with E-state index in [9.17, 15) is 4.79 Å². The predicted octanol–water partition coefficient (Wildman–Crippen LogP) is 2.47. The van der Waals surface area contributed by atoms with Gasteiger partial charge in [-0.1, -0.05) is 30.3 Å². The van der Waals surface area contributed by atoms with Crippen molar-refractivity contribution in [3.63, 3.8) is 0 Å². The molecule has 1 unspecified atom stereocenters. The van der Waals surface area contributed by atoms with E-state index in [2.05, 4.69) is 4.98 Å². The molecule has 1 aromatic carbocycles. The van der Waals surface area contributed by atoms with Crippen LogP contribution in [-0.4, -0.2) is 33.1 Å². The average molecular weight is 303 g/mol. The van der Waals surface area contributed by atoms with Crippen LogP contribution in [0.1, 0.15) is 23.3 Å². The number of nitrogens with two attached hydrogens (primary N) is 1. The molecule has 6 heteroatoms. The Morgan fingerprint density at radius 3 is 2.76 bits per heavy atom. The number of aryl methyl sites for hydroxylation is 1. The zero-order valence-corrected chi connectivity index (χ0v) is 12.8. The van der Waals surface area contributed by atoms with Crippen LogP contribution in [-0.2, 0) is 0 Å². The fourth-order valence-electron chi connectivity index (χ4n) is 2.43. The molecule has 0 bridgehead atoms. The minimum absolute atomic E-state index is 0.180. The molecular formula is C15H17N3O2S. The summed E-state index contributed by atoms with van der Waals surface area (Å²) >= 11 is 1.56. The van der Waals surface area contributed by atoms with E-state index in [0.29, 0.717) is 23.9 Å². The highest BCUT2D eigenvalue weighted by atomic mass is 32.2. The van der Waals surface area contributed by atoms with Crippen LogP contribution in [0.3, 0.4) is 0 Å². The number of aromatic nitrogens is 1. The maximum atomic E-state index is 12.8. The fourth-order valence-corrected chi connectivity index (χ4v) is 3.45. The highest BCUT2D eigenvalue weighted by molar-refractivity contribution is 8.00. The second-order valence-corrected chi connectivity index (χ2v) is 6.66. The summed E-state index contributed by atoms with van der Waals surface area (Å²) in [5.41, 5.74) is 7.34. The Bertz CT molecular complexity index is 667. The van der Waals surface area contributed by atoms with E-state index in [1.165, 1.54) is 0 Å². The topological polar surface area (TPSA) is 72.4 Å². The van der Waals surface area contributed by atoms with Crippen molar-refractivity contribution < 1.29 is 9.21 Å². The van der Waals surface area contributed by atoms with Gasteiger partial charge in [0.05, 0.1) is 0 Å². The van der Waals surface area contributed by atoms with Gasteiger partial charge in [-0.15, -0.1) is 11.8 Å². The zero-order chi connectivity index (χ0) is 15.0. The molecule has 2 heterocycles. The molecule has 3 rings (SSSR count). The summed E-state index contributed by atoms with van der Waals surface area (Å²) in [6.45, 7) is 4.21. The van der Waals surface area contributed by atoms with Gasteiger partial charge in [0.25, 0.3) is 5.91 Å². The highest BCUT2D eigenvalue weighted by Gasteiger charge is 2.39. The quantitative estimate of drug-likeness (QED) is 0.922. The maximum absolute atomic E-state index is 12.8. The van der Waals surface area contributed by atoms with Crippen molar-refractivity contribution in [3.8, 4) is 11.3 Å². The second-order valence-electron chi connectivity index (χ2n) is 5.14. The molecule has 1 aromatic heterocycles. The van der Waals surface area contributed by atoms with Crippen LogP contribution < -0.4 is 5.73 Å². The number of oxazole rings is 1. The lowest BCUT2D eigenvalue weighted by Crippen LogP contribution is -2.50. The molecule has 1 aliphatic heterocycles.